The Morgan fingerprint density at radius 2 is 2.04 bits per heavy atom. The third kappa shape index (κ3) is 3.20. The molecule has 0 fully saturated rings. The van der Waals surface area contributed by atoms with E-state index in [4.69, 9.17) is 23.2 Å². The Bertz CT molecular complexity index is 924. The van der Waals surface area contributed by atoms with Crippen LogP contribution in [0.5, 0.6) is 5.75 Å². The minimum atomic E-state index is -0.428. The number of rotatable bonds is 3. The zero-order chi connectivity index (χ0) is 17.3. The molecule has 3 aromatic rings. The van der Waals surface area contributed by atoms with Crippen LogP contribution in [0.4, 0.5) is 5.69 Å². The average Bonchev–Trinajstić information content (AvgIpc) is 3.03. The van der Waals surface area contributed by atoms with Gasteiger partial charge in [-0.2, -0.15) is 0 Å². The maximum absolute atomic E-state index is 12.3. The summed E-state index contributed by atoms with van der Waals surface area (Å²) in [6.45, 7) is 1.86. The lowest BCUT2D eigenvalue weighted by Crippen LogP contribution is -2.13. The predicted molar refractivity (Wildman–Crippen MR) is 92.2 cm³/mol. The summed E-state index contributed by atoms with van der Waals surface area (Å²) in [4.78, 5) is 12.3. The molecule has 122 valence electrons. The van der Waals surface area contributed by atoms with E-state index in [2.05, 4.69) is 15.6 Å². The van der Waals surface area contributed by atoms with Crippen molar-refractivity contribution in [2.24, 2.45) is 0 Å². The first-order valence-corrected chi connectivity index (χ1v) is 7.69. The van der Waals surface area contributed by atoms with Gasteiger partial charge in [-0.1, -0.05) is 40.5 Å². The number of aryl methyl sites for hydroxylation is 1. The molecule has 0 saturated carbocycles. The zero-order valence-electron chi connectivity index (χ0n) is 12.5. The van der Waals surface area contributed by atoms with Crippen LogP contribution in [0, 0.1) is 6.92 Å². The largest absolute Gasteiger partial charge is 0.506 e. The molecule has 1 amide bonds. The van der Waals surface area contributed by atoms with Gasteiger partial charge in [-0.05, 0) is 36.8 Å². The van der Waals surface area contributed by atoms with Crippen LogP contribution in [0.1, 0.15) is 16.1 Å². The fraction of sp³-hybridized carbons (Fsp3) is 0.0625. The molecule has 6 nitrogen and oxygen atoms in total. The van der Waals surface area contributed by atoms with Crippen molar-refractivity contribution in [3.05, 3.63) is 63.9 Å². The lowest BCUT2D eigenvalue weighted by molar-refractivity contribution is 0.102. The Hall–Kier alpha value is -2.57. The number of phenolic OH excluding ortho intramolecular Hbond substituents is 1. The number of nitrogens with one attached hydrogen (secondary N) is 1. The molecule has 0 aliphatic carbocycles. The molecule has 3 rings (SSSR count). The molecular formula is C16H12Cl2N4O2. The highest BCUT2D eigenvalue weighted by Crippen LogP contribution is 2.29. The van der Waals surface area contributed by atoms with Crippen LogP contribution < -0.4 is 5.32 Å². The summed E-state index contributed by atoms with van der Waals surface area (Å²) >= 11 is 12.0. The molecule has 0 aliphatic heterocycles. The van der Waals surface area contributed by atoms with E-state index in [-0.39, 0.29) is 16.5 Å². The fourth-order valence-electron chi connectivity index (χ4n) is 2.09. The Kier molecular flexibility index (Phi) is 4.42. The molecule has 24 heavy (non-hydrogen) atoms. The van der Waals surface area contributed by atoms with Gasteiger partial charge in [-0.15, -0.1) is 5.10 Å². The summed E-state index contributed by atoms with van der Waals surface area (Å²) in [6, 6.07) is 9.93. The van der Waals surface area contributed by atoms with E-state index in [0.717, 1.165) is 5.56 Å². The number of aromatic nitrogens is 3. The number of carbonyl (C=O) groups is 1. The number of halogens is 2. The van der Waals surface area contributed by atoms with Gasteiger partial charge in [0.2, 0.25) is 0 Å². The van der Waals surface area contributed by atoms with Crippen LogP contribution in [0.3, 0.4) is 0 Å². The summed E-state index contributed by atoms with van der Waals surface area (Å²) in [5, 5.41) is 20.7. The van der Waals surface area contributed by atoms with Gasteiger partial charge in [-0.25, -0.2) is 4.68 Å². The minimum Gasteiger partial charge on any atom is -0.506 e. The van der Waals surface area contributed by atoms with Crippen LogP contribution >= 0.6 is 23.2 Å². The van der Waals surface area contributed by atoms with E-state index < -0.39 is 5.91 Å². The van der Waals surface area contributed by atoms with Crippen molar-refractivity contribution in [1.82, 2.24) is 15.0 Å². The highest BCUT2D eigenvalue weighted by molar-refractivity contribution is 6.33. The minimum absolute atomic E-state index is 0.0785. The van der Waals surface area contributed by atoms with Crippen molar-refractivity contribution >= 4 is 34.8 Å². The van der Waals surface area contributed by atoms with Crippen LogP contribution in [-0.2, 0) is 0 Å². The van der Waals surface area contributed by atoms with Gasteiger partial charge in [0.25, 0.3) is 5.91 Å². The lowest BCUT2D eigenvalue weighted by atomic mass is 10.2. The Morgan fingerprint density at radius 3 is 2.83 bits per heavy atom. The van der Waals surface area contributed by atoms with Crippen LogP contribution in [-0.4, -0.2) is 26.0 Å². The smallest absolute Gasteiger partial charge is 0.277 e. The van der Waals surface area contributed by atoms with Gasteiger partial charge in [0.05, 0.1) is 11.9 Å². The molecule has 1 aromatic heterocycles. The fourth-order valence-corrected chi connectivity index (χ4v) is 2.47. The first-order valence-electron chi connectivity index (χ1n) is 6.93. The normalized spacial score (nSPS) is 10.6. The first kappa shape index (κ1) is 16.3. The van der Waals surface area contributed by atoms with Crippen molar-refractivity contribution < 1.29 is 9.90 Å². The second-order valence-corrected chi connectivity index (χ2v) is 5.89. The summed E-state index contributed by atoms with van der Waals surface area (Å²) in [5.74, 6) is -0.506. The van der Waals surface area contributed by atoms with Crippen LogP contribution in [0.2, 0.25) is 10.0 Å². The Morgan fingerprint density at radius 1 is 1.25 bits per heavy atom. The third-order valence-corrected chi connectivity index (χ3v) is 4.00. The number of anilines is 1. The highest BCUT2D eigenvalue weighted by atomic mass is 35.5. The number of amides is 1. The summed E-state index contributed by atoms with van der Waals surface area (Å²) in [6.07, 6.45) is 1.43. The number of phenols is 1. The maximum Gasteiger partial charge on any atom is 0.277 e. The van der Waals surface area contributed by atoms with Crippen molar-refractivity contribution in [3.63, 3.8) is 0 Å². The molecule has 0 aliphatic rings. The number of benzene rings is 2. The van der Waals surface area contributed by atoms with Crippen molar-refractivity contribution in [3.8, 4) is 11.4 Å². The van der Waals surface area contributed by atoms with E-state index in [0.29, 0.717) is 16.4 Å². The van der Waals surface area contributed by atoms with Gasteiger partial charge in [0, 0.05) is 10.7 Å². The van der Waals surface area contributed by atoms with E-state index in [1.54, 1.807) is 30.3 Å². The second-order valence-electron chi connectivity index (χ2n) is 5.07. The number of hydrogen-bond acceptors (Lipinski definition) is 4. The quantitative estimate of drug-likeness (QED) is 0.741. The average molecular weight is 363 g/mol. The predicted octanol–water partition coefficient (Wildman–Crippen LogP) is 3.84. The van der Waals surface area contributed by atoms with Gasteiger partial charge >= 0.3 is 0 Å². The zero-order valence-corrected chi connectivity index (χ0v) is 14.0. The highest BCUT2D eigenvalue weighted by Gasteiger charge is 2.15. The van der Waals surface area contributed by atoms with Crippen molar-refractivity contribution in [2.45, 2.75) is 6.92 Å². The topological polar surface area (TPSA) is 80.0 Å². The van der Waals surface area contributed by atoms with E-state index in [1.165, 1.54) is 16.9 Å². The standard InChI is InChI=1S/C16H12Cl2N4O2/c1-9-5-6-10(17)7-11(9)19-16(24)12-8-22(21-20-12)13-3-2-4-14(23)15(13)18/h2-8,23H,1H3,(H,19,24). The van der Waals surface area contributed by atoms with E-state index in [1.807, 2.05) is 6.92 Å². The van der Waals surface area contributed by atoms with Gasteiger partial charge < -0.3 is 10.4 Å². The monoisotopic (exact) mass is 362 g/mol. The lowest BCUT2D eigenvalue weighted by Gasteiger charge is -2.07. The third-order valence-electron chi connectivity index (χ3n) is 3.38. The van der Waals surface area contributed by atoms with E-state index in [9.17, 15) is 9.90 Å². The molecule has 2 N–H and O–H groups in total. The molecule has 0 saturated heterocycles. The molecule has 0 bridgehead atoms. The number of aromatic hydroxyl groups is 1. The van der Waals surface area contributed by atoms with Crippen molar-refractivity contribution in [1.29, 1.82) is 0 Å². The molecule has 1 heterocycles. The van der Waals surface area contributed by atoms with Gasteiger partial charge in [-0.3, -0.25) is 4.79 Å². The molecule has 0 unspecified atom stereocenters. The summed E-state index contributed by atoms with van der Waals surface area (Å²) in [7, 11) is 0. The number of nitrogens with zero attached hydrogens (tertiary/aromatic N) is 3. The SMILES string of the molecule is Cc1ccc(Cl)cc1NC(=O)c1cn(-c2cccc(O)c2Cl)nn1. The molecule has 0 spiro atoms. The molecular weight excluding hydrogens is 351 g/mol. The van der Waals surface area contributed by atoms with E-state index >= 15 is 0 Å². The van der Waals surface area contributed by atoms with Crippen LogP contribution in [0.15, 0.2) is 42.6 Å². The van der Waals surface area contributed by atoms with Gasteiger partial charge in [0.15, 0.2) is 5.69 Å². The Balaban J connectivity index is 1.86. The van der Waals surface area contributed by atoms with Crippen LogP contribution in [0.25, 0.3) is 5.69 Å². The Labute approximate surface area is 147 Å². The first-order chi connectivity index (χ1) is 11.5. The second kappa shape index (κ2) is 6.51. The molecule has 8 heteroatoms. The number of hydrogen-bond donors (Lipinski definition) is 2. The summed E-state index contributed by atoms with van der Waals surface area (Å²) in [5.41, 5.74) is 1.99. The molecule has 2 aromatic carbocycles. The molecule has 0 radical (unpaired) electrons. The molecule has 0 atom stereocenters. The summed E-state index contributed by atoms with van der Waals surface area (Å²) < 4.78 is 1.32. The van der Waals surface area contributed by atoms with Crippen molar-refractivity contribution in [2.75, 3.05) is 5.32 Å². The maximum atomic E-state index is 12.3. The number of carbonyl (C=O) groups excluding carboxylic acids is 1. The van der Waals surface area contributed by atoms with Gasteiger partial charge in [0.1, 0.15) is 10.8 Å².